The summed E-state index contributed by atoms with van der Waals surface area (Å²) in [6, 6.07) is 3.75. The number of fused-ring (bicyclic) bond motifs is 2. The molecule has 2 amide bonds. The largest absolute Gasteiger partial charge is 0.448 e. The van der Waals surface area contributed by atoms with Gasteiger partial charge in [-0.3, -0.25) is 9.78 Å². The molecule has 1 aromatic heterocycles. The van der Waals surface area contributed by atoms with Crippen LogP contribution < -0.4 is 5.73 Å². The van der Waals surface area contributed by atoms with Crippen LogP contribution in [0.5, 0.6) is 0 Å². The van der Waals surface area contributed by atoms with Gasteiger partial charge in [0.2, 0.25) is 0 Å². The van der Waals surface area contributed by atoms with Gasteiger partial charge in [-0.25, -0.2) is 4.79 Å². The monoisotopic (exact) mass is 388 g/mol. The third-order valence-corrected chi connectivity index (χ3v) is 6.61. The van der Waals surface area contributed by atoms with Crippen molar-refractivity contribution in [3.63, 3.8) is 0 Å². The maximum Gasteiger partial charge on any atom is 0.409 e. The topological polar surface area (TPSA) is 98.0 Å². The van der Waals surface area contributed by atoms with Crippen LogP contribution in [0.15, 0.2) is 18.3 Å². The standard InChI is InChI=1S/C20H28N4O4/c1-27-20(14-5-6-22-17(11-14)18(21)25)15-3-2-4-16(20)13-23(12-15)7-8-24-9-10-28-19(24)26/h5-6,11,15-16H,2-4,7-10,12-13H2,1H3,(H2,21,25)/t15-,16+,20?. The number of methoxy groups -OCH3 is 1. The molecule has 8 nitrogen and oxygen atoms in total. The molecule has 2 bridgehead atoms. The summed E-state index contributed by atoms with van der Waals surface area (Å²) in [4.78, 5) is 31.6. The molecule has 28 heavy (non-hydrogen) atoms. The number of ether oxygens (including phenoxy) is 2. The highest BCUT2D eigenvalue weighted by Crippen LogP contribution is 2.51. The highest BCUT2D eigenvalue weighted by molar-refractivity contribution is 5.90. The fraction of sp³-hybridized carbons (Fsp3) is 0.650. The Hall–Kier alpha value is -2.19. The summed E-state index contributed by atoms with van der Waals surface area (Å²) in [5, 5.41) is 0. The van der Waals surface area contributed by atoms with Crippen molar-refractivity contribution < 1.29 is 19.1 Å². The van der Waals surface area contributed by atoms with Gasteiger partial charge in [0.1, 0.15) is 17.9 Å². The second-order valence-electron chi connectivity index (χ2n) is 7.98. The smallest absolute Gasteiger partial charge is 0.409 e. The molecule has 3 aliphatic rings. The van der Waals surface area contributed by atoms with E-state index in [0.29, 0.717) is 31.5 Å². The van der Waals surface area contributed by atoms with E-state index in [1.54, 1.807) is 24.3 Å². The second kappa shape index (κ2) is 7.67. The van der Waals surface area contributed by atoms with E-state index < -0.39 is 11.5 Å². The number of nitrogens with zero attached hydrogens (tertiary/aromatic N) is 3. The fourth-order valence-corrected chi connectivity index (χ4v) is 5.33. The van der Waals surface area contributed by atoms with Crippen molar-refractivity contribution in [1.29, 1.82) is 0 Å². The molecule has 1 unspecified atom stereocenters. The van der Waals surface area contributed by atoms with Gasteiger partial charge < -0.3 is 25.0 Å². The Morgan fingerprint density at radius 3 is 2.71 bits per heavy atom. The number of piperidine rings is 1. The van der Waals surface area contributed by atoms with E-state index in [9.17, 15) is 9.59 Å². The minimum absolute atomic E-state index is 0.209. The zero-order valence-electron chi connectivity index (χ0n) is 16.3. The molecule has 2 N–H and O–H groups in total. The number of primary amides is 1. The van der Waals surface area contributed by atoms with E-state index in [-0.39, 0.29) is 11.8 Å². The zero-order chi connectivity index (χ0) is 19.7. The molecule has 1 saturated carbocycles. The molecule has 4 rings (SSSR count). The van der Waals surface area contributed by atoms with Gasteiger partial charge in [0.15, 0.2) is 0 Å². The van der Waals surface area contributed by atoms with Gasteiger partial charge in [-0.1, -0.05) is 6.42 Å². The van der Waals surface area contributed by atoms with Crippen LogP contribution >= 0.6 is 0 Å². The normalized spacial score (nSPS) is 30.3. The number of rotatable bonds is 6. The van der Waals surface area contributed by atoms with Crippen molar-refractivity contribution in [3.8, 4) is 0 Å². The van der Waals surface area contributed by atoms with Crippen LogP contribution in [0.3, 0.4) is 0 Å². The molecule has 2 aliphatic heterocycles. The number of likely N-dealkylation sites (tertiary alicyclic amines) is 1. The molecule has 1 aliphatic carbocycles. The van der Waals surface area contributed by atoms with Crippen LogP contribution in [0.1, 0.15) is 35.3 Å². The van der Waals surface area contributed by atoms with Crippen molar-refractivity contribution in [2.75, 3.05) is 46.4 Å². The lowest BCUT2D eigenvalue weighted by Gasteiger charge is -2.55. The molecule has 152 valence electrons. The van der Waals surface area contributed by atoms with E-state index in [2.05, 4.69) is 9.88 Å². The van der Waals surface area contributed by atoms with Crippen LogP contribution in [0.4, 0.5) is 4.79 Å². The lowest BCUT2D eigenvalue weighted by molar-refractivity contribution is -0.169. The minimum Gasteiger partial charge on any atom is -0.448 e. The molecule has 3 atom stereocenters. The minimum atomic E-state index is -0.520. The number of amides is 2. The van der Waals surface area contributed by atoms with Gasteiger partial charge in [0.05, 0.1) is 6.54 Å². The van der Waals surface area contributed by atoms with Gasteiger partial charge >= 0.3 is 6.09 Å². The highest BCUT2D eigenvalue weighted by Gasteiger charge is 2.53. The number of pyridine rings is 1. The van der Waals surface area contributed by atoms with Crippen molar-refractivity contribution >= 4 is 12.0 Å². The molecule has 0 aromatic carbocycles. The summed E-state index contributed by atoms with van der Waals surface area (Å²) < 4.78 is 11.2. The van der Waals surface area contributed by atoms with Crippen LogP contribution in [0.25, 0.3) is 0 Å². The van der Waals surface area contributed by atoms with E-state index in [0.717, 1.165) is 38.0 Å². The average Bonchev–Trinajstić information content (AvgIpc) is 3.10. The number of carbonyl (C=O) groups excluding carboxylic acids is 2. The summed E-state index contributed by atoms with van der Waals surface area (Å²) in [5.41, 5.74) is 6.31. The second-order valence-corrected chi connectivity index (χ2v) is 7.98. The third kappa shape index (κ3) is 3.24. The number of hydrogen-bond donors (Lipinski definition) is 1. The van der Waals surface area contributed by atoms with Crippen molar-refractivity contribution in [1.82, 2.24) is 14.8 Å². The summed E-state index contributed by atoms with van der Waals surface area (Å²) in [6.45, 7) is 4.50. The molecule has 3 fully saturated rings. The van der Waals surface area contributed by atoms with E-state index in [1.165, 1.54) is 6.42 Å². The lowest BCUT2D eigenvalue weighted by Crippen LogP contribution is -2.59. The average molecular weight is 388 g/mol. The first-order chi connectivity index (χ1) is 13.5. The number of nitrogens with two attached hydrogens (primary N) is 1. The number of hydrogen-bond acceptors (Lipinski definition) is 6. The Morgan fingerprint density at radius 1 is 1.36 bits per heavy atom. The molecule has 8 heteroatoms. The van der Waals surface area contributed by atoms with Crippen LogP contribution in [-0.2, 0) is 15.1 Å². The first kappa shape index (κ1) is 19.1. The van der Waals surface area contributed by atoms with E-state index in [4.69, 9.17) is 15.2 Å². The molecular weight excluding hydrogens is 360 g/mol. The van der Waals surface area contributed by atoms with Crippen molar-refractivity contribution in [3.05, 3.63) is 29.6 Å². The number of cyclic esters (lactones) is 1. The predicted octanol–water partition coefficient (Wildman–Crippen LogP) is 1.21. The van der Waals surface area contributed by atoms with Gasteiger partial charge in [-0.2, -0.15) is 0 Å². The zero-order valence-corrected chi connectivity index (χ0v) is 16.3. The Kier molecular flexibility index (Phi) is 5.25. The Labute approximate surface area is 165 Å². The quantitative estimate of drug-likeness (QED) is 0.787. The Bertz CT molecular complexity index is 741. The Balaban J connectivity index is 1.54. The first-order valence-electron chi connectivity index (χ1n) is 10.00. The van der Waals surface area contributed by atoms with Gasteiger partial charge in [-0.15, -0.1) is 0 Å². The van der Waals surface area contributed by atoms with Crippen LogP contribution in [0.2, 0.25) is 0 Å². The van der Waals surface area contributed by atoms with E-state index >= 15 is 0 Å². The lowest BCUT2D eigenvalue weighted by atomic mass is 9.62. The van der Waals surface area contributed by atoms with Crippen LogP contribution in [-0.4, -0.2) is 73.2 Å². The molecular formula is C20H28N4O4. The molecule has 2 saturated heterocycles. The third-order valence-electron chi connectivity index (χ3n) is 6.61. The van der Waals surface area contributed by atoms with Gasteiger partial charge in [-0.05, 0) is 30.5 Å². The summed E-state index contributed by atoms with van der Waals surface area (Å²) in [6.07, 6.45) is 4.76. The molecule has 0 spiro atoms. The predicted molar refractivity (Wildman–Crippen MR) is 102 cm³/mol. The molecule has 0 radical (unpaired) electrons. The maximum absolute atomic E-state index is 11.7. The van der Waals surface area contributed by atoms with Gasteiger partial charge in [0, 0.05) is 51.3 Å². The van der Waals surface area contributed by atoms with Crippen molar-refractivity contribution in [2.45, 2.75) is 24.9 Å². The SMILES string of the molecule is COC1(c2ccnc(C(N)=O)c2)[C@@H]2CCC[C@H]1CN(CCN1CCOC1=O)C2. The fourth-order valence-electron chi connectivity index (χ4n) is 5.33. The molecule has 3 heterocycles. The first-order valence-corrected chi connectivity index (χ1v) is 10.00. The summed E-state index contributed by atoms with van der Waals surface area (Å²) in [5.74, 6) is 0.116. The number of carbonyl (C=O) groups is 2. The van der Waals surface area contributed by atoms with E-state index in [1.807, 2.05) is 6.07 Å². The van der Waals surface area contributed by atoms with Gasteiger partial charge in [0.25, 0.3) is 5.91 Å². The summed E-state index contributed by atoms with van der Waals surface area (Å²) >= 11 is 0. The number of aromatic nitrogens is 1. The van der Waals surface area contributed by atoms with Crippen LogP contribution in [0, 0.1) is 11.8 Å². The van der Waals surface area contributed by atoms with Crippen molar-refractivity contribution in [2.24, 2.45) is 17.6 Å². The molecule has 1 aromatic rings. The summed E-state index contributed by atoms with van der Waals surface area (Å²) in [7, 11) is 1.77. The Morgan fingerprint density at radius 2 is 2.11 bits per heavy atom. The maximum atomic E-state index is 11.7. The highest BCUT2D eigenvalue weighted by atomic mass is 16.6.